The molecule has 1 heterocycles. The highest BCUT2D eigenvalue weighted by Gasteiger charge is 2.53. The first-order chi connectivity index (χ1) is 8.23. The number of phenols is 1. The molecule has 5 heteroatoms. The minimum Gasteiger partial charge on any atom is -0.508 e. The van der Waals surface area contributed by atoms with Crippen LogP contribution >= 0.6 is 0 Å². The van der Waals surface area contributed by atoms with Gasteiger partial charge in [0, 0.05) is 0 Å². The largest absolute Gasteiger partial charge is 0.508 e. The average molecular weight is 249 g/mol. The summed E-state index contributed by atoms with van der Waals surface area (Å²) in [5.41, 5.74) is 6.28. The molecule has 0 aliphatic carbocycles. The number of rotatable bonds is 2. The number of hydrogen-bond acceptors (Lipinski definition) is 4. The number of benzene rings is 1. The van der Waals surface area contributed by atoms with Crippen LogP contribution in [0.4, 0.5) is 0 Å². The molecule has 0 spiro atoms. The van der Waals surface area contributed by atoms with Crippen molar-refractivity contribution in [3.63, 3.8) is 0 Å². The third-order valence-electron chi connectivity index (χ3n) is 3.84. The second-order valence-corrected chi connectivity index (χ2v) is 5.74. The zero-order valence-electron chi connectivity index (χ0n) is 11.3. The average Bonchev–Trinajstić information content (AvgIpc) is 2.48. The van der Waals surface area contributed by atoms with Crippen LogP contribution in [-0.4, -0.2) is 23.4 Å². The standard InChI is InChI=1S/C13H20BNO3/c1-12(2)13(3,4)18-14(17-12)11(15)9-5-7-10(16)8-6-9/h5-8,11,16H,15H2,1-4H3/t11-/m1/s1. The molecule has 18 heavy (non-hydrogen) atoms. The first-order valence-electron chi connectivity index (χ1n) is 6.13. The Balaban J connectivity index is 2.17. The van der Waals surface area contributed by atoms with Crippen molar-refractivity contribution in [2.45, 2.75) is 44.8 Å². The Kier molecular flexibility index (Phi) is 3.17. The smallest absolute Gasteiger partial charge is 0.480 e. The van der Waals surface area contributed by atoms with Crippen LogP contribution in [0.15, 0.2) is 24.3 Å². The van der Waals surface area contributed by atoms with Crippen LogP contribution in [0, 0.1) is 0 Å². The lowest BCUT2D eigenvalue weighted by Crippen LogP contribution is -2.41. The van der Waals surface area contributed by atoms with Crippen LogP contribution in [0.5, 0.6) is 5.75 Å². The fourth-order valence-corrected chi connectivity index (χ4v) is 1.89. The minimum absolute atomic E-state index is 0.222. The highest BCUT2D eigenvalue weighted by atomic mass is 16.7. The Morgan fingerprint density at radius 2 is 1.50 bits per heavy atom. The van der Waals surface area contributed by atoms with Gasteiger partial charge in [0.25, 0.3) is 0 Å². The predicted octanol–water partition coefficient (Wildman–Crippen LogP) is 2.02. The Bertz CT molecular complexity index is 414. The quantitative estimate of drug-likeness (QED) is 0.787. The monoisotopic (exact) mass is 249 g/mol. The lowest BCUT2D eigenvalue weighted by Gasteiger charge is -2.32. The van der Waals surface area contributed by atoms with Gasteiger partial charge in [-0.2, -0.15) is 0 Å². The third kappa shape index (κ3) is 2.26. The summed E-state index contributed by atoms with van der Waals surface area (Å²) in [4.78, 5) is 0. The molecular weight excluding hydrogens is 229 g/mol. The van der Waals surface area contributed by atoms with E-state index in [1.165, 1.54) is 0 Å². The summed E-state index contributed by atoms with van der Waals surface area (Å²) in [7, 11) is -0.473. The predicted molar refractivity (Wildman–Crippen MR) is 71.1 cm³/mol. The molecule has 1 aliphatic rings. The van der Waals surface area contributed by atoms with Crippen molar-refractivity contribution in [2.24, 2.45) is 5.73 Å². The topological polar surface area (TPSA) is 64.7 Å². The van der Waals surface area contributed by atoms with Crippen LogP contribution in [0.1, 0.15) is 39.2 Å². The van der Waals surface area contributed by atoms with Crippen LogP contribution in [0.25, 0.3) is 0 Å². The van der Waals surface area contributed by atoms with Gasteiger partial charge in [-0.05, 0) is 45.4 Å². The van der Waals surface area contributed by atoms with Crippen LogP contribution in [0.3, 0.4) is 0 Å². The number of aromatic hydroxyl groups is 1. The molecule has 0 bridgehead atoms. The Morgan fingerprint density at radius 1 is 1.06 bits per heavy atom. The first kappa shape index (κ1) is 13.4. The van der Waals surface area contributed by atoms with Crippen molar-refractivity contribution in [3.05, 3.63) is 29.8 Å². The molecule has 1 saturated heterocycles. The summed E-state index contributed by atoms with van der Waals surface area (Å²) in [5.74, 6) is -0.147. The van der Waals surface area contributed by atoms with E-state index in [4.69, 9.17) is 15.0 Å². The second kappa shape index (κ2) is 4.26. The van der Waals surface area contributed by atoms with Gasteiger partial charge >= 0.3 is 7.12 Å². The number of nitrogens with two attached hydrogens (primary N) is 1. The van der Waals surface area contributed by atoms with Gasteiger partial charge in [-0.15, -0.1) is 0 Å². The normalized spacial score (nSPS) is 23.1. The van der Waals surface area contributed by atoms with E-state index in [0.717, 1.165) is 5.56 Å². The van der Waals surface area contributed by atoms with Crippen LogP contribution in [-0.2, 0) is 9.31 Å². The summed E-state index contributed by atoms with van der Waals surface area (Å²) in [6.45, 7) is 7.99. The lowest BCUT2D eigenvalue weighted by atomic mass is 9.75. The van der Waals surface area contributed by atoms with Gasteiger partial charge in [0.1, 0.15) is 5.75 Å². The molecule has 1 aromatic carbocycles. The highest BCUT2D eigenvalue weighted by Crippen LogP contribution is 2.39. The highest BCUT2D eigenvalue weighted by molar-refractivity contribution is 6.47. The molecule has 98 valence electrons. The molecule has 0 aromatic heterocycles. The zero-order chi connectivity index (χ0) is 13.6. The molecular formula is C13H20BNO3. The summed E-state index contributed by atoms with van der Waals surface area (Å²) in [6, 6.07) is 6.79. The van der Waals surface area contributed by atoms with E-state index >= 15 is 0 Å². The van der Waals surface area contributed by atoms with Crippen molar-refractivity contribution < 1.29 is 14.4 Å². The fourth-order valence-electron chi connectivity index (χ4n) is 1.89. The Morgan fingerprint density at radius 3 is 1.94 bits per heavy atom. The molecule has 1 fully saturated rings. The molecule has 0 saturated carbocycles. The second-order valence-electron chi connectivity index (χ2n) is 5.74. The van der Waals surface area contributed by atoms with Gasteiger partial charge in [0.05, 0.1) is 17.1 Å². The molecule has 0 amide bonds. The fraction of sp³-hybridized carbons (Fsp3) is 0.538. The van der Waals surface area contributed by atoms with Gasteiger partial charge in [-0.25, -0.2) is 0 Å². The maximum Gasteiger partial charge on any atom is 0.480 e. The van der Waals surface area contributed by atoms with Crippen molar-refractivity contribution in [1.82, 2.24) is 0 Å². The van der Waals surface area contributed by atoms with Crippen molar-refractivity contribution in [3.8, 4) is 5.75 Å². The van der Waals surface area contributed by atoms with E-state index in [2.05, 4.69) is 0 Å². The molecule has 1 aromatic rings. The summed E-state index contributed by atoms with van der Waals surface area (Å²) >= 11 is 0. The lowest BCUT2D eigenvalue weighted by molar-refractivity contribution is 0.00578. The Hall–Kier alpha value is -1.04. The number of hydrogen-bond donors (Lipinski definition) is 2. The van der Waals surface area contributed by atoms with E-state index < -0.39 is 7.12 Å². The van der Waals surface area contributed by atoms with Gasteiger partial charge in [0.2, 0.25) is 0 Å². The molecule has 1 aliphatic heterocycles. The molecule has 1 atom stereocenters. The van der Waals surface area contributed by atoms with Gasteiger partial charge < -0.3 is 20.1 Å². The van der Waals surface area contributed by atoms with E-state index in [0.29, 0.717) is 0 Å². The zero-order valence-corrected chi connectivity index (χ0v) is 11.3. The molecule has 3 N–H and O–H groups in total. The summed E-state index contributed by atoms with van der Waals surface area (Å²) in [6.07, 6.45) is 0. The summed E-state index contributed by atoms with van der Waals surface area (Å²) < 4.78 is 11.8. The van der Waals surface area contributed by atoms with Gasteiger partial charge in [-0.1, -0.05) is 12.1 Å². The molecule has 4 nitrogen and oxygen atoms in total. The Labute approximate surface area is 108 Å². The third-order valence-corrected chi connectivity index (χ3v) is 3.84. The van der Waals surface area contributed by atoms with Crippen LogP contribution < -0.4 is 5.73 Å². The van der Waals surface area contributed by atoms with Gasteiger partial charge in [-0.3, -0.25) is 0 Å². The first-order valence-corrected chi connectivity index (χ1v) is 6.13. The van der Waals surface area contributed by atoms with Crippen molar-refractivity contribution >= 4 is 7.12 Å². The van der Waals surface area contributed by atoms with E-state index in [1.54, 1.807) is 24.3 Å². The van der Waals surface area contributed by atoms with E-state index in [9.17, 15) is 5.11 Å². The van der Waals surface area contributed by atoms with Crippen molar-refractivity contribution in [2.75, 3.05) is 0 Å². The SMILES string of the molecule is CC1(C)OB([C@H](N)c2ccc(O)cc2)OC1(C)C. The molecule has 2 rings (SSSR count). The van der Waals surface area contributed by atoms with Crippen molar-refractivity contribution in [1.29, 1.82) is 0 Å². The summed E-state index contributed by atoms with van der Waals surface area (Å²) in [5, 5.41) is 9.27. The van der Waals surface area contributed by atoms with E-state index in [1.807, 2.05) is 27.7 Å². The maximum atomic E-state index is 9.27. The van der Waals surface area contributed by atoms with E-state index in [-0.39, 0.29) is 22.9 Å². The van der Waals surface area contributed by atoms with Gasteiger partial charge in [0.15, 0.2) is 0 Å². The van der Waals surface area contributed by atoms with Crippen LogP contribution in [0.2, 0.25) is 0 Å². The number of phenolic OH excluding ortho intramolecular Hbond substituents is 1. The molecule has 0 unspecified atom stereocenters. The molecule has 0 radical (unpaired) electrons. The maximum absolute atomic E-state index is 9.27. The minimum atomic E-state index is -0.473.